The smallest absolute Gasteiger partial charge is 0.228 e. The Morgan fingerprint density at radius 2 is 1.77 bits per heavy atom. The molecule has 5 heteroatoms. The summed E-state index contributed by atoms with van der Waals surface area (Å²) in [5.41, 5.74) is 3.18. The molecule has 0 N–H and O–H groups in total. The van der Waals surface area contributed by atoms with Crippen molar-refractivity contribution >= 4 is 11.6 Å². The summed E-state index contributed by atoms with van der Waals surface area (Å²) < 4.78 is 1.98. The molecule has 1 amide bonds. The number of likely N-dealkylation sites (tertiary alicyclic amines) is 1. The van der Waals surface area contributed by atoms with Crippen LogP contribution in [-0.4, -0.2) is 40.0 Å². The number of rotatable bonds is 7. The summed E-state index contributed by atoms with van der Waals surface area (Å²) in [6.07, 6.45) is 8.02. The van der Waals surface area contributed by atoms with E-state index in [2.05, 4.69) is 34.1 Å². The van der Waals surface area contributed by atoms with Crippen molar-refractivity contribution < 1.29 is 4.79 Å². The third-order valence-electron chi connectivity index (χ3n) is 5.88. The zero-order valence-electron chi connectivity index (χ0n) is 17.7. The van der Waals surface area contributed by atoms with Crippen LogP contribution in [0.4, 0.5) is 5.69 Å². The zero-order chi connectivity index (χ0) is 20.8. The lowest BCUT2D eigenvalue weighted by molar-refractivity contribution is -0.119. The quantitative estimate of drug-likeness (QED) is 0.584. The normalized spacial score (nSPS) is 14.6. The van der Waals surface area contributed by atoms with Gasteiger partial charge in [0.05, 0.1) is 6.54 Å². The number of imidazole rings is 1. The van der Waals surface area contributed by atoms with E-state index in [-0.39, 0.29) is 5.91 Å². The molecule has 1 fully saturated rings. The van der Waals surface area contributed by atoms with Crippen LogP contribution < -0.4 is 4.90 Å². The SMILES string of the molecule is Cn1ccnc1CN(C(=O)CCN1CCCCC1)c1cccc(-c2ccccc2)c1. The minimum absolute atomic E-state index is 0.147. The number of aromatic nitrogens is 2. The van der Waals surface area contributed by atoms with E-state index in [1.54, 1.807) is 6.20 Å². The Hall–Kier alpha value is -2.92. The zero-order valence-corrected chi connectivity index (χ0v) is 17.7. The average molecular weight is 403 g/mol. The lowest BCUT2D eigenvalue weighted by Crippen LogP contribution is -2.36. The number of anilines is 1. The maximum Gasteiger partial charge on any atom is 0.228 e. The number of piperidine rings is 1. The molecule has 1 aromatic heterocycles. The number of benzene rings is 2. The van der Waals surface area contributed by atoms with Gasteiger partial charge in [-0.1, -0.05) is 48.9 Å². The van der Waals surface area contributed by atoms with Crippen molar-refractivity contribution in [3.8, 4) is 11.1 Å². The molecular weight excluding hydrogens is 372 g/mol. The molecule has 1 aliphatic heterocycles. The van der Waals surface area contributed by atoms with Gasteiger partial charge in [0.25, 0.3) is 0 Å². The number of carbonyl (C=O) groups excluding carboxylic acids is 1. The first kappa shape index (κ1) is 20.4. The van der Waals surface area contributed by atoms with Crippen molar-refractivity contribution in [2.75, 3.05) is 24.5 Å². The standard InChI is InChI=1S/C25H30N4O/c1-27-18-14-26-24(27)20-29(25(30)13-17-28-15-6-3-7-16-28)23-12-8-11-22(19-23)21-9-4-2-5-10-21/h2,4-5,8-12,14,18-19H,3,6-7,13,15-17,20H2,1H3. The average Bonchev–Trinajstić information content (AvgIpc) is 3.21. The first-order valence-electron chi connectivity index (χ1n) is 10.8. The molecule has 30 heavy (non-hydrogen) atoms. The topological polar surface area (TPSA) is 41.4 Å². The van der Waals surface area contributed by atoms with Gasteiger partial charge in [-0.25, -0.2) is 4.98 Å². The molecule has 0 spiro atoms. The predicted molar refractivity (Wildman–Crippen MR) is 121 cm³/mol. The molecule has 0 atom stereocenters. The van der Waals surface area contributed by atoms with Crippen molar-refractivity contribution in [3.05, 3.63) is 72.8 Å². The van der Waals surface area contributed by atoms with Gasteiger partial charge in [0.15, 0.2) is 0 Å². The van der Waals surface area contributed by atoms with Gasteiger partial charge in [-0.3, -0.25) is 4.79 Å². The Bertz CT molecular complexity index is 960. The van der Waals surface area contributed by atoms with Crippen LogP contribution in [0.5, 0.6) is 0 Å². The minimum Gasteiger partial charge on any atom is -0.337 e. The lowest BCUT2D eigenvalue weighted by atomic mass is 10.0. The van der Waals surface area contributed by atoms with E-state index in [1.165, 1.54) is 19.3 Å². The Kier molecular flexibility index (Phi) is 6.60. The second kappa shape index (κ2) is 9.72. The van der Waals surface area contributed by atoms with Crippen LogP contribution in [0.1, 0.15) is 31.5 Å². The summed E-state index contributed by atoms with van der Waals surface area (Å²) >= 11 is 0. The van der Waals surface area contributed by atoms with E-state index in [0.717, 1.165) is 42.3 Å². The third-order valence-corrected chi connectivity index (χ3v) is 5.88. The Morgan fingerprint density at radius 1 is 1.00 bits per heavy atom. The fraction of sp³-hybridized carbons (Fsp3) is 0.360. The molecule has 0 unspecified atom stereocenters. The van der Waals surface area contributed by atoms with Gasteiger partial charge in [0.2, 0.25) is 5.91 Å². The van der Waals surface area contributed by atoms with Gasteiger partial charge in [-0.05, 0) is 49.2 Å². The van der Waals surface area contributed by atoms with Gasteiger partial charge in [0, 0.05) is 38.1 Å². The molecule has 156 valence electrons. The fourth-order valence-electron chi connectivity index (χ4n) is 4.07. The number of amides is 1. The summed E-state index contributed by atoms with van der Waals surface area (Å²) in [4.78, 5) is 22.1. The number of hydrogen-bond donors (Lipinski definition) is 0. The van der Waals surface area contributed by atoms with E-state index < -0.39 is 0 Å². The molecule has 2 aromatic carbocycles. The summed E-state index contributed by atoms with van der Waals surface area (Å²) in [7, 11) is 1.97. The molecule has 0 saturated carbocycles. The highest BCUT2D eigenvalue weighted by Crippen LogP contribution is 2.26. The molecular formula is C25H30N4O. The highest BCUT2D eigenvalue weighted by Gasteiger charge is 2.20. The van der Waals surface area contributed by atoms with Crippen LogP contribution in [0.2, 0.25) is 0 Å². The maximum absolute atomic E-state index is 13.3. The summed E-state index contributed by atoms with van der Waals surface area (Å²) in [5.74, 6) is 1.03. The third kappa shape index (κ3) is 4.97. The molecule has 4 rings (SSSR count). The van der Waals surface area contributed by atoms with E-state index in [4.69, 9.17) is 0 Å². The van der Waals surface area contributed by atoms with E-state index in [1.807, 2.05) is 53.0 Å². The molecule has 1 aliphatic rings. The van der Waals surface area contributed by atoms with E-state index in [9.17, 15) is 4.79 Å². The summed E-state index contributed by atoms with van der Waals surface area (Å²) in [6, 6.07) is 18.5. The number of hydrogen-bond acceptors (Lipinski definition) is 3. The Labute approximate surface area is 179 Å². The van der Waals surface area contributed by atoms with Crippen molar-refractivity contribution in [1.29, 1.82) is 0 Å². The van der Waals surface area contributed by atoms with Crippen LogP contribution in [0.15, 0.2) is 67.0 Å². The molecule has 1 saturated heterocycles. The lowest BCUT2D eigenvalue weighted by Gasteiger charge is -2.28. The van der Waals surface area contributed by atoms with Crippen molar-refractivity contribution in [1.82, 2.24) is 14.5 Å². The van der Waals surface area contributed by atoms with Crippen LogP contribution in [0.3, 0.4) is 0 Å². The van der Waals surface area contributed by atoms with Gasteiger partial charge in [0.1, 0.15) is 5.82 Å². The molecule has 0 bridgehead atoms. The highest BCUT2D eigenvalue weighted by atomic mass is 16.2. The summed E-state index contributed by atoms with van der Waals surface area (Å²) in [6.45, 7) is 3.52. The van der Waals surface area contributed by atoms with Crippen LogP contribution in [0, 0.1) is 0 Å². The largest absolute Gasteiger partial charge is 0.337 e. The van der Waals surface area contributed by atoms with Crippen molar-refractivity contribution in [3.63, 3.8) is 0 Å². The molecule has 0 radical (unpaired) electrons. The molecule has 5 nitrogen and oxygen atoms in total. The highest BCUT2D eigenvalue weighted by molar-refractivity contribution is 5.94. The molecule has 0 aliphatic carbocycles. The van der Waals surface area contributed by atoms with Crippen LogP contribution in [0.25, 0.3) is 11.1 Å². The van der Waals surface area contributed by atoms with Gasteiger partial charge in [-0.2, -0.15) is 0 Å². The second-order valence-electron chi connectivity index (χ2n) is 8.00. The van der Waals surface area contributed by atoms with Gasteiger partial charge < -0.3 is 14.4 Å². The number of nitrogens with zero attached hydrogens (tertiary/aromatic N) is 4. The monoisotopic (exact) mass is 402 g/mol. The van der Waals surface area contributed by atoms with Crippen LogP contribution >= 0.6 is 0 Å². The van der Waals surface area contributed by atoms with Gasteiger partial charge in [-0.15, -0.1) is 0 Å². The van der Waals surface area contributed by atoms with Gasteiger partial charge >= 0.3 is 0 Å². The minimum atomic E-state index is 0.147. The Morgan fingerprint density at radius 3 is 2.50 bits per heavy atom. The number of aryl methyl sites for hydroxylation is 1. The number of carbonyl (C=O) groups is 1. The van der Waals surface area contributed by atoms with Crippen molar-refractivity contribution in [2.24, 2.45) is 7.05 Å². The summed E-state index contributed by atoms with van der Waals surface area (Å²) in [5, 5.41) is 0. The molecule has 2 heterocycles. The van der Waals surface area contributed by atoms with Crippen LogP contribution in [-0.2, 0) is 18.4 Å². The first-order valence-corrected chi connectivity index (χ1v) is 10.8. The fourth-order valence-corrected chi connectivity index (χ4v) is 4.07. The first-order chi connectivity index (χ1) is 14.7. The second-order valence-corrected chi connectivity index (χ2v) is 8.00. The van der Waals surface area contributed by atoms with Crippen molar-refractivity contribution in [2.45, 2.75) is 32.2 Å². The Balaban J connectivity index is 1.57. The van der Waals surface area contributed by atoms with E-state index >= 15 is 0 Å². The molecule has 3 aromatic rings. The van der Waals surface area contributed by atoms with E-state index in [0.29, 0.717) is 13.0 Å². The maximum atomic E-state index is 13.3. The predicted octanol–water partition coefficient (Wildman–Crippen LogP) is 4.50.